The van der Waals surface area contributed by atoms with Gasteiger partial charge in [-0.2, -0.15) is 0 Å². The number of hydrogen-bond acceptors (Lipinski definition) is 6. The Morgan fingerprint density at radius 1 is 1.12 bits per heavy atom. The van der Waals surface area contributed by atoms with Crippen LogP contribution >= 0.6 is 11.8 Å². The molecule has 3 rings (SSSR count). The van der Waals surface area contributed by atoms with Gasteiger partial charge in [0.05, 0.1) is 30.7 Å². The summed E-state index contributed by atoms with van der Waals surface area (Å²) in [5, 5.41) is 3.35. The topological polar surface area (TPSA) is 82.5 Å². The van der Waals surface area contributed by atoms with Crippen molar-refractivity contribution in [2.75, 3.05) is 37.8 Å². The van der Waals surface area contributed by atoms with Crippen molar-refractivity contribution in [3.8, 4) is 5.75 Å². The van der Waals surface area contributed by atoms with Gasteiger partial charge in [-0.25, -0.2) is 0 Å². The second-order valence-corrected chi connectivity index (χ2v) is 7.20. The number of nitrogen functional groups attached to an aromatic ring is 2. The molecule has 5 nitrogen and oxygen atoms in total. The van der Waals surface area contributed by atoms with E-state index in [1.54, 1.807) is 11.8 Å². The van der Waals surface area contributed by atoms with Gasteiger partial charge in [-0.1, -0.05) is 17.8 Å². The van der Waals surface area contributed by atoms with Crippen LogP contribution in [-0.2, 0) is 4.74 Å². The van der Waals surface area contributed by atoms with Crippen LogP contribution in [0.5, 0.6) is 5.75 Å². The van der Waals surface area contributed by atoms with Crippen LogP contribution in [0.2, 0.25) is 0 Å². The van der Waals surface area contributed by atoms with Crippen molar-refractivity contribution in [2.24, 2.45) is 0 Å². The molecule has 0 amide bonds. The first-order valence-corrected chi connectivity index (χ1v) is 9.40. The molecule has 1 fully saturated rings. The Morgan fingerprint density at radius 3 is 2.80 bits per heavy atom. The van der Waals surface area contributed by atoms with Crippen molar-refractivity contribution >= 4 is 23.1 Å². The predicted molar refractivity (Wildman–Crippen MR) is 103 cm³/mol. The number of morpholine rings is 1. The van der Waals surface area contributed by atoms with Crippen molar-refractivity contribution in [1.82, 2.24) is 5.32 Å². The summed E-state index contributed by atoms with van der Waals surface area (Å²) < 4.78 is 11.6. The Balaban J connectivity index is 1.48. The molecule has 25 heavy (non-hydrogen) atoms. The Hall–Kier alpha value is -1.89. The van der Waals surface area contributed by atoms with Gasteiger partial charge >= 0.3 is 0 Å². The SMILES string of the molecule is Nc1ccc(Sc2cccc(OCCCC3CNCCO3)c2)cc1N. The van der Waals surface area contributed by atoms with E-state index >= 15 is 0 Å². The molecule has 0 saturated carbocycles. The fourth-order valence-electron chi connectivity index (χ4n) is 2.69. The van der Waals surface area contributed by atoms with E-state index in [2.05, 4.69) is 17.4 Å². The van der Waals surface area contributed by atoms with Crippen LogP contribution in [0, 0.1) is 0 Å². The summed E-state index contributed by atoms with van der Waals surface area (Å²) >= 11 is 1.64. The maximum atomic E-state index is 5.88. The second kappa shape index (κ2) is 8.99. The maximum Gasteiger partial charge on any atom is 0.120 e. The van der Waals surface area contributed by atoms with Gasteiger partial charge in [0.1, 0.15) is 5.75 Å². The zero-order valence-electron chi connectivity index (χ0n) is 14.2. The molecule has 0 bridgehead atoms. The molecule has 1 atom stereocenters. The summed E-state index contributed by atoms with van der Waals surface area (Å²) in [5.41, 5.74) is 12.8. The monoisotopic (exact) mass is 359 g/mol. The van der Waals surface area contributed by atoms with Crippen LogP contribution in [0.15, 0.2) is 52.3 Å². The number of hydrogen-bond donors (Lipinski definition) is 3. The standard InChI is InChI=1S/C19H25N3O2S/c20-18-7-6-17(12-19(18)21)25-16-5-1-3-14(11-16)23-9-2-4-15-13-22-8-10-24-15/h1,3,5-7,11-12,15,22H,2,4,8-10,13,20-21H2. The van der Waals surface area contributed by atoms with Crippen molar-refractivity contribution in [3.05, 3.63) is 42.5 Å². The summed E-state index contributed by atoms with van der Waals surface area (Å²) in [4.78, 5) is 2.17. The molecule has 1 heterocycles. The van der Waals surface area contributed by atoms with Crippen LogP contribution in [0.4, 0.5) is 11.4 Å². The smallest absolute Gasteiger partial charge is 0.120 e. The fraction of sp³-hybridized carbons (Fsp3) is 0.368. The van der Waals surface area contributed by atoms with Gasteiger partial charge in [0, 0.05) is 22.9 Å². The average molecular weight is 359 g/mol. The molecule has 1 unspecified atom stereocenters. The zero-order valence-corrected chi connectivity index (χ0v) is 15.1. The number of rotatable bonds is 7. The third-order valence-electron chi connectivity index (χ3n) is 4.04. The first-order valence-electron chi connectivity index (χ1n) is 8.59. The van der Waals surface area contributed by atoms with Gasteiger partial charge < -0.3 is 26.3 Å². The minimum Gasteiger partial charge on any atom is -0.494 e. The number of ether oxygens (including phenoxy) is 2. The highest BCUT2D eigenvalue weighted by molar-refractivity contribution is 7.99. The third-order valence-corrected chi connectivity index (χ3v) is 5.02. The normalized spacial score (nSPS) is 17.4. The lowest BCUT2D eigenvalue weighted by Crippen LogP contribution is -2.38. The Labute approximate surface area is 153 Å². The van der Waals surface area contributed by atoms with E-state index in [0.29, 0.717) is 24.1 Å². The molecular weight excluding hydrogens is 334 g/mol. The molecule has 134 valence electrons. The molecule has 2 aromatic carbocycles. The van der Waals surface area contributed by atoms with E-state index in [1.807, 2.05) is 30.3 Å². The number of nitrogens with two attached hydrogens (primary N) is 2. The van der Waals surface area contributed by atoms with Gasteiger partial charge in [-0.15, -0.1) is 0 Å². The van der Waals surface area contributed by atoms with E-state index in [0.717, 1.165) is 48.1 Å². The molecule has 1 aliphatic heterocycles. The third kappa shape index (κ3) is 5.56. The number of anilines is 2. The van der Waals surface area contributed by atoms with Crippen LogP contribution in [0.3, 0.4) is 0 Å². The summed E-state index contributed by atoms with van der Waals surface area (Å²) in [7, 11) is 0. The van der Waals surface area contributed by atoms with Crippen LogP contribution < -0.4 is 21.5 Å². The van der Waals surface area contributed by atoms with Gasteiger partial charge in [-0.3, -0.25) is 0 Å². The molecule has 0 radical (unpaired) electrons. The zero-order chi connectivity index (χ0) is 17.5. The molecule has 0 aliphatic carbocycles. The molecule has 1 aliphatic rings. The highest BCUT2D eigenvalue weighted by Crippen LogP contribution is 2.32. The van der Waals surface area contributed by atoms with Crippen LogP contribution in [0.1, 0.15) is 12.8 Å². The van der Waals surface area contributed by atoms with Crippen molar-refractivity contribution < 1.29 is 9.47 Å². The summed E-state index contributed by atoms with van der Waals surface area (Å²) in [6, 6.07) is 13.8. The Kier molecular flexibility index (Phi) is 6.44. The highest BCUT2D eigenvalue weighted by atomic mass is 32.2. The lowest BCUT2D eigenvalue weighted by molar-refractivity contribution is 0.0204. The van der Waals surface area contributed by atoms with E-state index in [1.165, 1.54) is 0 Å². The number of benzene rings is 2. The fourth-order valence-corrected chi connectivity index (χ4v) is 3.60. The van der Waals surface area contributed by atoms with E-state index in [4.69, 9.17) is 20.9 Å². The molecule has 0 aromatic heterocycles. The van der Waals surface area contributed by atoms with Crippen molar-refractivity contribution in [2.45, 2.75) is 28.7 Å². The average Bonchev–Trinajstić information content (AvgIpc) is 2.63. The predicted octanol–water partition coefficient (Wildman–Crippen LogP) is 3.15. The lowest BCUT2D eigenvalue weighted by atomic mass is 10.2. The van der Waals surface area contributed by atoms with Gasteiger partial charge in [0.15, 0.2) is 0 Å². The quantitative estimate of drug-likeness (QED) is 0.520. The first-order chi connectivity index (χ1) is 12.2. The number of nitrogens with one attached hydrogen (secondary N) is 1. The second-order valence-electron chi connectivity index (χ2n) is 6.06. The van der Waals surface area contributed by atoms with E-state index in [-0.39, 0.29) is 0 Å². The molecule has 5 N–H and O–H groups in total. The molecular formula is C19H25N3O2S. The van der Waals surface area contributed by atoms with Crippen molar-refractivity contribution in [1.29, 1.82) is 0 Å². The Bertz CT molecular complexity index is 690. The lowest BCUT2D eigenvalue weighted by Gasteiger charge is -2.23. The maximum absolute atomic E-state index is 5.88. The van der Waals surface area contributed by atoms with Gasteiger partial charge in [0.25, 0.3) is 0 Å². The van der Waals surface area contributed by atoms with Crippen LogP contribution in [-0.4, -0.2) is 32.4 Å². The van der Waals surface area contributed by atoms with Crippen LogP contribution in [0.25, 0.3) is 0 Å². The Morgan fingerprint density at radius 2 is 2.00 bits per heavy atom. The largest absolute Gasteiger partial charge is 0.494 e. The minimum atomic E-state index is 0.315. The summed E-state index contributed by atoms with van der Waals surface area (Å²) in [5.74, 6) is 0.885. The van der Waals surface area contributed by atoms with E-state index < -0.39 is 0 Å². The van der Waals surface area contributed by atoms with Crippen molar-refractivity contribution in [3.63, 3.8) is 0 Å². The molecule has 2 aromatic rings. The molecule has 1 saturated heterocycles. The van der Waals surface area contributed by atoms with E-state index in [9.17, 15) is 0 Å². The van der Waals surface area contributed by atoms with Gasteiger partial charge in [-0.05, 0) is 49.2 Å². The van der Waals surface area contributed by atoms with Gasteiger partial charge in [0.2, 0.25) is 0 Å². The highest BCUT2D eigenvalue weighted by Gasteiger charge is 2.12. The molecule has 6 heteroatoms. The summed E-state index contributed by atoms with van der Waals surface area (Å²) in [6.07, 6.45) is 2.32. The first kappa shape index (κ1) is 17.9. The minimum absolute atomic E-state index is 0.315. The summed E-state index contributed by atoms with van der Waals surface area (Å²) in [6.45, 7) is 3.40. The molecule has 0 spiro atoms.